The van der Waals surface area contributed by atoms with E-state index in [9.17, 15) is 4.79 Å². The van der Waals surface area contributed by atoms with Crippen LogP contribution >= 0.6 is 46.1 Å². The van der Waals surface area contributed by atoms with Gasteiger partial charge in [-0.25, -0.2) is 4.98 Å². The van der Waals surface area contributed by atoms with Crippen LogP contribution in [-0.4, -0.2) is 9.55 Å². The first-order valence-electron chi connectivity index (χ1n) is 8.12. The Labute approximate surface area is 174 Å². The van der Waals surface area contributed by atoms with Gasteiger partial charge in [0.05, 0.1) is 18.3 Å². The van der Waals surface area contributed by atoms with Gasteiger partial charge in [0, 0.05) is 25.5 Å². The van der Waals surface area contributed by atoms with Crippen LogP contribution in [0.25, 0.3) is 21.3 Å². The van der Waals surface area contributed by atoms with Crippen molar-refractivity contribution >= 4 is 56.4 Å². The highest BCUT2D eigenvalue weighted by atomic mass is 35.5. The van der Waals surface area contributed by atoms with E-state index in [-0.39, 0.29) is 5.56 Å². The number of hydrogen-bond donors (Lipinski definition) is 0. The van der Waals surface area contributed by atoms with Crippen molar-refractivity contribution in [1.82, 2.24) is 9.55 Å². The topological polar surface area (TPSA) is 34.9 Å². The second-order valence-corrected chi connectivity index (χ2v) is 8.62. The highest BCUT2D eigenvalue weighted by molar-refractivity contribution is 7.19. The van der Waals surface area contributed by atoms with Gasteiger partial charge < -0.3 is 0 Å². The highest BCUT2D eigenvalue weighted by Gasteiger charge is 2.17. The fourth-order valence-corrected chi connectivity index (χ4v) is 4.65. The molecule has 0 N–H and O–H groups in total. The molecule has 0 saturated heterocycles. The van der Waals surface area contributed by atoms with Gasteiger partial charge in [0.15, 0.2) is 0 Å². The second kappa shape index (κ2) is 7.28. The van der Waals surface area contributed by atoms with Gasteiger partial charge in [0.1, 0.15) is 4.83 Å². The highest BCUT2D eigenvalue weighted by Crippen LogP contribution is 2.36. The molecule has 2 aromatic carbocycles. The Balaban J connectivity index is 1.87. The van der Waals surface area contributed by atoms with Gasteiger partial charge in [-0.2, -0.15) is 0 Å². The van der Waals surface area contributed by atoms with Crippen LogP contribution in [0.5, 0.6) is 0 Å². The van der Waals surface area contributed by atoms with E-state index in [1.165, 1.54) is 11.3 Å². The summed E-state index contributed by atoms with van der Waals surface area (Å²) < 4.78 is 1.57. The standard InChI is InChI=1S/C20H13Cl3N2OS/c1-11-17(12-2-5-14(21)6-3-12)18-19(27-11)24-10-25(20(18)26)9-13-4-7-15(22)8-16(13)23/h2-8,10H,9H2,1H3. The average molecular weight is 436 g/mol. The lowest BCUT2D eigenvalue weighted by atomic mass is 10.0. The number of nitrogens with zero attached hydrogens (tertiary/aromatic N) is 2. The number of aromatic nitrogens is 2. The van der Waals surface area contributed by atoms with Crippen LogP contribution in [0.3, 0.4) is 0 Å². The molecule has 0 aliphatic rings. The molecule has 136 valence electrons. The second-order valence-electron chi connectivity index (χ2n) is 6.13. The van der Waals surface area contributed by atoms with Crippen LogP contribution in [0.15, 0.2) is 53.6 Å². The number of halogens is 3. The molecule has 0 aliphatic carbocycles. The zero-order valence-corrected chi connectivity index (χ0v) is 17.3. The van der Waals surface area contributed by atoms with Gasteiger partial charge in [-0.15, -0.1) is 11.3 Å². The molecule has 27 heavy (non-hydrogen) atoms. The van der Waals surface area contributed by atoms with Gasteiger partial charge in [-0.3, -0.25) is 9.36 Å². The number of aryl methyl sites for hydroxylation is 1. The largest absolute Gasteiger partial charge is 0.294 e. The van der Waals surface area contributed by atoms with E-state index in [1.54, 1.807) is 23.0 Å². The van der Waals surface area contributed by atoms with Crippen LogP contribution in [-0.2, 0) is 6.54 Å². The van der Waals surface area contributed by atoms with Crippen molar-refractivity contribution in [2.75, 3.05) is 0 Å². The van der Waals surface area contributed by atoms with Gasteiger partial charge in [0.25, 0.3) is 5.56 Å². The molecule has 0 amide bonds. The predicted octanol–water partition coefficient (Wildman–Crippen LogP) is 6.44. The number of thiophene rings is 1. The lowest BCUT2D eigenvalue weighted by Gasteiger charge is -2.09. The molecule has 7 heteroatoms. The Morgan fingerprint density at radius 1 is 1.04 bits per heavy atom. The molecule has 0 fully saturated rings. The normalized spacial score (nSPS) is 11.3. The van der Waals surface area contributed by atoms with Crippen molar-refractivity contribution in [1.29, 1.82) is 0 Å². The van der Waals surface area contributed by atoms with E-state index in [1.807, 2.05) is 37.3 Å². The summed E-state index contributed by atoms with van der Waals surface area (Å²) in [4.78, 5) is 19.5. The average Bonchev–Trinajstić information content (AvgIpc) is 2.97. The fraction of sp³-hybridized carbons (Fsp3) is 0.100. The molecule has 4 rings (SSSR count). The molecule has 0 spiro atoms. The Morgan fingerprint density at radius 3 is 2.44 bits per heavy atom. The molecule has 0 aliphatic heterocycles. The van der Waals surface area contributed by atoms with Crippen molar-refractivity contribution in [3.63, 3.8) is 0 Å². The monoisotopic (exact) mass is 434 g/mol. The summed E-state index contributed by atoms with van der Waals surface area (Å²) >= 11 is 19.7. The van der Waals surface area contributed by atoms with Gasteiger partial charge in [-0.05, 0) is 42.3 Å². The minimum Gasteiger partial charge on any atom is -0.294 e. The van der Waals surface area contributed by atoms with Crippen LogP contribution in [0.2, 0.25) is 15.1 Å². The first-order chi connectivity index (χ1) is 12.9. The summed E-state index contributed by atoms with van der Waals surface area (Å²) in [5, 5.41) is 2.35. The Kier molecular flexibility index (Phi) is 4.99. The first kappa shape index (κ1) is 18.5. The van der Waals surface area contributed by atoms with Crippen molar-refractivity contribution < 1.29 is 0 Å². The SMILES string of the molecule is Cc1sc2ncn(Cc3ccc(Cl)cc3Cl)c(=O)c2c1-c1ccc(Cl)cc1. The van der Waals surface area contributed by atoms with E-state index >= 15 is 0 Å². The fourth-order valence-electron chi connectivity index (χ4n) is 3.05. The number of benzene rings is 2. The van der Waals surface area contributed by atoms with E-state index in [4.69, 9.17) is 34.8 Å². The lowest BCUT2D eigenvalue weighted by molar-refractivity contribution is 0.749. The molecule has 0 atom stereocenters. The van der Waals surface area contributed by atoms with Crippen molar-refractivity contribution in [3.8, 4) is 11.1 Å². The lowest BCUT2D eigenvalue weighted by Crippen LogP contribution is -2.21. The smallest absolute Gasteiger partial charge is 0.263 e. The maximum absolute atomic E-state index is 13.2. The Bertz CT molecular complexity index is 1210. The van der Waals surface area contributed by atoms with Crippen molar-refractivity contribution in [2.24, 2.45) is 0 Å². The molecule has 0 radical (unpaired) electrons. The van der Waals surface area contributed by atoms with Crippen LogP contribution < -0.4 is 5.56 Å². The molecule has 2 aromatic heterocycles. The molecular formula is C20H13Cl3N2OS. The van der Waals surface area contributed by atoms with Crippen molar-refractivity contribution in [2.45, 2.75) is 13.5 Å². The molecule has 0 bridgehead atoms. The third-order valence-electron chi connectivity index (χ3n) is 4.34. The third kappa shape index (κ3) is 3.50. The summed E-state index contributed by atoms with van der Waals surface area (Å²) in [5.74, 6) is 0. The summed E-state index contributed by atoms with van der Waals surface area (Å²) in [6.07, 6.45) is 1.57. The van der Waals surface area contributed by atoms with E-state index < -0.39 is 0 Å². The van der Waals surface area contributed by atoms with E-state index in [0.29, 0.717) is 27.0 Å². The zero-order chi connectivity index (χ0) is 19.1. The first-order valence-corrected chi connectivity index (χ1v) is 10.1. The molecule has 0 saturated carbocycles. The molecule has 3 nitrogen and oxygen atoms in total. The molecular weight excluding hydrogens is 423 g/mol. The van der Waals surface area contributed by atoms with E-state index in [0.717, 1.165) is 26.4 Å². The van der Waals surface area contributed by atoms with Gasteiger partial charge in [-0.1, -0.05) is 53.0 Å². The Morgan fingerprint density at radius 2 is 1.74 bits per heavy atom. The van der Waals surface area contributed by atoms with E-state index in [2.05, 4.69) is 4.98 Å². The predicted molar refractivity (Wildman–Crippen MR) is 115 cm³/mol. The molecule has 4 aromatic rings. The molecule has 0 unspecified atom stereocenters. The van der Waals surface area contributed by atoms with Gasteiger partial charge in [0.2, 0.25) is 0 Å². The third-order valence-corrected chi connectivity index (χ3v) is 6.20. The zero-order valence-electron chi connectivity index (χ0n) is 14.2. The minimum absolute atomic E-state index is 0.0969. The summed E-state index contributed by atoms with van der Waals surface area (Å²) in [6, 6.07) is 12.7. The quantitative estimate of drug-likeness (QED) is 0.371. The summed E-state index contributed by atoms with van der Waals surface area (Å²) in [6.45, 7) is 2.32. The number of fused-ring (bicyclic) bond motifs is 1. The number of rotatable bonds is 3. The van der Waals surface area contributed by atoms with Crippen LogP contribution in [0.4, 0.5) is 0 Å². The van der Waals surface area contributed by atoms with Crippen LogP contribution in [0, 0.1) is 6.92 Å². The minimum atomic E-state index is -0.0969. The van der Waals surface area contributed by atoms with Gasteiger partial charge >= 0.3 is 0 Å². The maximum Gasteiger partial charge on any atom is 0.263 e. The summed E-state index contributed by atoms with van der Waals surface area (Å²) in [7, 11) is 0. The summed E-state index contributed by atoms with van der Waals surface area (Å²) in [5.41, 5.74) is 2.56. The van der Waals surface area contributed by atoms with Crippen LogP contribution in [0.1, 0.15) is 10.4 Å². The van der Waals surface area contributed by atoms with Crippen molar-refractivity contribution in [3.05, 3.63) is 84.7 Å². The number of hydrogen-bond acceptors (Lipinski definition) is 3. The molecule has 2 heterocycles. The maximum atomic E-state index is 13.2. The Hall–Kier alpha value is -1.85.